The molecule has 2 N–H and O–H groups in total. The van der Waals surface area contributed by atoms with Crippen molar-refractivity contribution in [3.05, 3.63) is 48.2 Å². The molecule has 2 aromatic carbocycles. The van der Waals surface area contributed by atoms with Crippen molar-refractivity contribution in [3.8, 4) is 28.5 Å². The number of rotatable bonds is 6. The minimum Gasteiger partial charge on any atom is -0.496 e. The second-order valence-corrected chi connectivity index (χ2v) is 11.3. The average molecular weight is 513 g/mol. The number of anilines is 2. The van der Waals surface area contributed by atoms with E-state index in [-0.39, 0.29) is 30.2 Å². The SMILES string of the molecule is COc1c(-c2ncc(-c3cccc(NS(C)(=O)=O)c3)o2)cc(N2CCC(=O)NC2=O)cc1C(C)(C)C. The molecule has 0 aliphatic carbocycles. The lowest BCUT2D eigenvalue weighted by molar-refractivity contribution is -0.120. The molecule has 1 aliphatic rings. The summed E-state index contributed by atoms with van der Waals surface area (Å²) in [5.41, 5.74) is 2.64. The molecule has 0 bridgehead atoms. The Labute approximate surface area is 209 Å². The highest BCUT2D eigenvalue weighted by atomic mass is 32.2. The summed E-state index contributed by atoms with van der Waals surface area (Å²) in [6, 6.07) is 9.90. The highest BCUT2D eigenvalue weighted by Crippen LogP contribution is 2.43. The third-order valence-electron chi connectivity index (χ3n) is 5.64. The third kappa shape index (κ3) is 5.35. The smallest absolute Gasteiger partial charge is 0.328 e. The number of aromatic nitrogens is 1. The number of urea groups is 1. The predicted octanol–water partition coefficient (Wildman–Crippen LogP) is 4.13. The van der Waals surface area contributed by atoms with Gasteiger partial charge in [-0.2, -0.15) is 0 Å². The van der Waals surface area contributed by atoms with Crippen molar-refractivity contribution in [2.75, 3.05) is 29.5 Å². The summed E-state index contributed by atoms with van der Waals surface area (Å²) in [6.45, 7) is 6.33. The van der Waals surface area contributed by atoms with Crippen molar-refractivity contribution < 1.29 is 27.2 Å². The number of carbonyl (C=O) groups excluding carboxylic acids is 2. The van der Waals surface area contributed by atoms with Gasteiger partial charge in [0.1, 0.15) is 5.75 Å². The molecule has 0 atom stereocenters. The second-order valence-electron chi connectivity index (χ2n) is 9.56. The van der Waals surface area contributed by atoms with Crippen molar-refractivity contribution in [2.45, 2.75) is 32.6 Å². The summed E-state index contributed by atoms with van der Waals surface area (Å²) >= 11 is 0. The van der Waals surface area contributed by atoms with Crippen LogP contribution in [0, 0.1) is 0 Å². The molecule has 3 amide bonds. The van der Waals surface area contributed by atoms with Crippen LogP contribution in [-0.4, -0.2) is 45.3 Å². The predicted molar refractivity (Wildman–Crippen MR) is 137 cm³/mol. The molecule has 2 heterocycles. The summed E-state index contributed by atoms with van der Waals surface area (Å²) in [5.74, 6) is 0.934. The normalized spacial score (nSPS) is 14.5. The first-order chi connectivity index (χ1) is 16.9. The Bertz CT molecular complexity index is 1440. The molecule has 0 saturated carbocycles. The van der Waals surface area contributed by atoms with Crippen LogP contribution in [0.2, 0.25) is 0 Å². The van der Waals surface area contributed by atoms with Crippen LogP contribution in [0.4, 0.5) is 16.2 Å². The number of methoxy groups -OCH3 is 1. The van der Waals surface area contributed by atoms with E-state index in [0.717, 1.165) is 11.8 Å². The zero-order valence-electron chi connectivity index (χ0n) is 20.7. The Morgan fingerprint density at radius 2 is 1.92 bits per heavy atom. The zero-order chi connectivity index (χ0) is 26.3. The first-order valence-electron chi connectivity index (χ1n) is 11.2. The molecule has 11 heteroatoms. The van der Waals surface area contributed by atoms with Crippen LogP contribution in [0.3, 0.4) is 0 Å². The number of ether oxygens (including phenoxy) is 1. The Hall–Kier alpha value is -3.86. The van der Waals surface area contributed by atoms with Crippen LogP contribution in [-0.2, 0) is 20.2 Å². The van der Waals surface area contributed by atoms with E-state index in [0.29, 0.717) is 34.0 Å². The zero-order valence-corrected chi connectivity index (χ0v) is 21.5. The molecule has 4 rings (SSSR count). The highest BCUT2D eigenvalue weighted by molar-refractivity contribution is 7.92. The van der Waals surface area contributed by atoms with Gasteiger partial charge in [-0.05, 0) is 29.7 Å². The fourth-order valence-electron chi connectivity index (χ4n) is 4.00. The van der Waals surface area contributed by atoms with Crippen LogP contribution >= 0.6 is 0 Å². The quantitative estimate of drug-likeness (QED) is 0.508. The minimum absolute atomic E-state index is 0.193. The Morgan fingerprint density at radius 1 is 1.17 bits per heavy atom. The van der Waals surface area contributed by atoms with Crippen LogP contribution in [0.5, 0.6) is 5.75 Å². The van der Waals surface area contributed by atoms with E-state index in [1.54, 1.807) is 43.6 Å². The first kappa shape index (κ1) is 25.2. The van der Waals surface area contributed by atoms with Gasteiger partial charge in [-0.3, -0.25) is 19.7 Å². The Kier molecular flexibility index (Phi) is 6.52. The second kappa shape index (κ2) is 9.30. The molecular weight excluding hydrogens is 484 g/mol. The Balaban J connectivity index is 1.81. The average Bonchev–Trinajstić information content (AvgIpc) is 3.27. The van der Waals surface area contributed by atoms with Gasteiger partial charge in [-0.1, -0.05) is 32.9 Å². The molecule has 3 aromatic rings. The molecule has 1 fully saturated rings. The number of benzene rings is 2. The number of hydrogen-bond donors (Lipinski definition) is 2. The lowest BCUT2D eigenvalue weighted by Gasteiger charge is -2.30. The summed E-state index contributed by atoms with van der Waals surface area (Å²) in [5, 5.41) is 2.35. The number of hydrogen-bond acceptors (Lipinski definition) is 7. The molecule has 1 aromatic heterocycles. The van der Waals surface area contributed by atoms with Gasteiger partial charge in [0.2, 0.25) is 21.8 Å². The van der Waals surface area contributed by atoms with E-state index >= 15 is 0 Å². The van der Waals surface area contributed by atoms with E-state index in [2.05, 4.69) is 15.0 Å². The standard InChI is InChI=1S/C25H28N4O6S/c1-25(2,3)19-13-17(29-10-9-21(30)27-24(29)31)12-18(22(19)34-4)23-26-14-20(35-23)15-7-6-8-16(11-15)28-36(5,32)33/h6-8,11-14,28H,9-10H2,1-5H3,(H,27,30,31). The monoisotopic (exact) mass is 512 g/mol. The van der Waals surface area contributed by atoms with E-state index in [4.69, 9.17) is 9.15 Å². The number of sulfonamides is 1. The van der Waals surface area contributed by atoms with Crippen LogP contribution in [0.1, 0.15) is 32.8 Å². The third-order valence-corrected chi connectivity index (χ3v) is 6.24. The van der Waals surface area contributed by atoms with Crippen LogP contribution < -0.4 is 19.7 Å². The molecule has 0 spiro atoms. The number of nitrogens with one attached hydrogen (secondary N) is 2. The van der Waals surface area contributed by atoms with Gasteiger partial charge in [-0.25, -0.2) is 18.2 Å². The van der Waals surface area contributed by atoms with Gasteiger partial charge < -0.3 is 9.15 Å². The van der Waals surface area contributed by atoms with Crippen molar-refractivity contribution in [1.29, 1.82) is 0 Å². The number of nitrogens with zero attached hydrogens (tertiary/aromatic N) is 2. The molecular formula is C25H28N4O6S. The van der Waals surface area contributed by atoms with E-state index in [1.165, 1.54) is 4.90 Å². The lowest BCUT2D eigenvalue weighted by Crippen LogP contribution is -2.49. The molecule has 10 nitrogen and oxygen atoms in total. The Morgan fingerprint density at radius 3 is 2.56 bits per heavy atom. The maximum absolute atomic E-state index is 12.6. The van der Waals surface area contributed by atoms with Crippen molar-refractivity contribution >= 4 is 33.3 Å². The molecule has 36 heavy (non-hydrogen) atoms. The first-order valence-corrected chi connectivity index (χ1v) is 13.1. The van der Waals surface area contributed by atoms with E-state index in [1.807, 2.05) is 26.8 Å². The van der Waals surface area contributed by atoms with E-state index in [9.17, 15) is 18.0 Å². The summed E-state index contributed by atoms with van der Waals surface area (Å²) in [6.07, 6.45) is 2.82. The summed E-state index contributed by atoms with van der Waals surface area (Å²) < 4.78 is 37.5. The van der Waals surface area contributed by atoms with Gasteiger partial charge in [-0.15, -0.1) is 0 Å². The van der Waals surface area contributed by atoms with Crippen LogP contribution in [0.25, 0.3) is 22.8 Å². The van der Waals surface area contributed by atoms with Gasteiger partial charge in [0.05, 0.1) is 25.1 Å². The molecule has 1 saturated heterocycles. The number of amides is 3. The van der Waals surface area contributed by atoms with Crippen molar-refractivity contribution in [2.24, 2.45) is 0 Å². The number of carbonyl (C=O) groups is 2. The van der Waals surface area contributed by atoms with Crippen molar-refractivity contribution in [1.82, 2.24) is 10.3 Å². The maximum Gasteiger partial charge on any atom is 0.328 e. The van der Waals surface area contributed by atoms with Gasteiger partial charge in [0.25, 0.3) is 0 Å². The highest BCUT2D eigenvalue weighted by Gasteiger charge is 2.30. The molecule has 190 valence electrons. The number of oxazole rings is 1. The largest absolute Gasteiger partial charge is 0.496 e. The van der Waals surface area contributed by atoms with Gasteiger partial charge >= 0.3 is 6.03 Å². The fourth-order valence-corrected chi connectivity index (χ4v) is 4.55. The van der Waals surface area contributed by atoms with Gasteiger partial charge in [0.15, 0.2) is 5.76 Å². The summed E-state index contributed by atoms with van der Waals surface area (Å²) in [4.78, 5) is 30.2. The maximum atomic E-state index is 12.6. The van der Waals surface area contributed by atoms with Crippen molar-refractivity contribution in [3.63, 3.8) is 0 Å². The van der Waals surface area contributed by atoms with E-state index < -0.39 is 16.1 Å². The fraction of sp³-hybridized carbons (Fsp3) is 0.320. The minimum atomic E-state index is -3.44. The number of imide groups is 1. The van der Waals surface area contributed by atoms with Crippen LogP contribution in [0.15, 0.2) is 47.0 Å². The molecule has 0 unspecified atom stereocenters. The molecule has 0 radical (unpaired) electrons. The lowest BCUT2D eigenvalue weighted by atomic mass is 9.84. The topological polar surface area (TPSA) is 131 Å². The summed E-state index contributed by atoms with van der Waals surface area (Å²) in [7, 11) is -1.88. The molecule has 1 aliphatic heterocycles. The van der Waals surface area contributed by atoms with Gasteiger partial charge in [0, 0.05) is 35.5 Å².